The average Bonchev–Trinajstić information content (AvgIpc) is 3.14. The van der Waals surface area contributed by atoms with Gasteiger partial charge in [-0.15, -0.1) is 5.10 Å². The fourth-order valence-electron chi connectivity index (χ4n) is 2.39. The van der Waals surface area contributed by atoms with Crippen LogP contribution in [0.15, 0.2) is 49.1 Å². The normalized spacial score (nSPS) is 12.7. The Kier molecular flexibility index (Phi) is 5.11. The summed E-state index contributed by atoms with van der Waals surface area (Å²) in [5.74, 6) is -0.357. The minimum Gasteiger partial charge on any atom is -0.265 e. The van der Waals surface area contributed by atoms with Gasteiger partial charge in [0.05, 0.1) is 16.7 Å². The van der Waals surface area contributed by atoms with Crippen molar-refractivity contribution in [2.45, 2.75) is 12.4 Å². The first-order valence-corrected chi connectivity index (χ1v) is 7.81. The van der Waals surface area contributed by atoms with Crippen molar-refractivity contribution in [3.05, 3.63) is 65.7 Å². The number of halogens is 6. The summed E-state index contributed by atoms with van der Waals surface area (Å²) < 4.78 is 79.0. The maximum absolute atomic E-state index is 13.0. The number of nitriles is 1. The molecule has 2 aromatic heterocycles. The lowest BCUT2D eigenvalue weighted by Gasteiger charge is -2.13. The van der Waals surface area contributed by atoms with Gasteiger partial charge in [-0.1, -0.05) is 0 Å². The van der Waals surface area contributed by atoms with Gasteiger partial charge < -0.3 is 0 Å². The highest BCUT2D eigenvalue weighted by Crippen LogP contribution is 2.38. The maximum Gasteiger partial charge on any atom is 0.416 e. The topological polar surface area (TPSA) is 67.4 Å². The van der Waals surface area contributed by atoms with E-state index in [9.17, 15) is 31.6 Å². The molecule has 0 aliphatic rings. The lowest BCUT2D eigenvalue weighted by Crippen LogP contribution is -2.11. The first kappa shape index (κ1) is 20.1. The smallest absolute Gasteiger partial charge is 0.265 e. The highest BCUT2D eigenvalue weighted by Gasteiger charge is 2.37. The van der Waals surface area contributed by atoms with Crippen LogP contribution in [0.25, 0.3) is 23.2 Å². The van der Waals surface area contributed by atoms with E-state index in [2.05, 4.69) is 15.1 Å². The van der Waals surface area contributed by atoms with Gasteiger partial charge in [-0.05, 0) is 35.9 Å². The Balaban J connectivity index is 2.04. The standard InChI is InChI=1S/C18H9F6N5/c19-17(20,21)14-5-12(6-15(7-14)18(22,23)24)16-27-10-29(28-16)9-13(8-25)11-1-3-26-4-2-11/h1-7,9-10H. The van der Waals surface area contributed by atoms with Crippen molar-refractivity contribution in [1.29, 1.82) is 5.26 Å². The Morgan fingerprint density at radius 3 is 2.07 bits per heavy atom. The summed E-state index contributed by atoms with van der Waals surface area (Å²) in [7, 11) is 0. The Morgan fingerprint density at radius 1 is 0.966 bits per heavy atom. The van der Waals surface area contributed by atoms with E-state index in [4.69, 9.17) is 0 Å². The average molecular weight is 409 g/mol. The van der Waals surface area contributed by atoms with Crippen molar-refractivity contribution in [2.75, 3.05) is 0 Å². The summed E-state index contributed by atoms with van der Waals surface area (Å²) >= 11 is 0. The van der Waals surface area contributed by atoms with Gasteiger partial charge >= 0.3 is 12.4 Å². The molecule has 0 saturated heterocycles. The second-order valence-corrected chi connectivity index (χ2v) is 5.73. The first-order valence-electron chi connectivity index (χ1n) is 7.81. The number of aromatic nitrogens is 4. The van der Waals surface area contributed by atoms with Crippen LogP contribution in [0.3, 0.4) is 0 Å². The van der Waals surface area contributed by atoms with Crippen LogP contribution < -0.4 is 0 Å². The molecule has 0 spiro atoms. The third-order valence-corrected chi connectivity index (χ3v) is 3.73. The molecular formula is C18H9F6N5. The van der Waals surface area contributed by atoms with Crippen LogP contribution >= 0.6 is 0 Å². The van der Waals surface area contributed by atoms with Gasteiger partial charge in [-0.25, -0.2) is 9.67 Å². The molecule has 0 bridgehead atoms. The number of hydrogen-bond acceptors (Lipinski definition) is 4. The van der Waals surface area contributed by atoms with E-state index in [1.54, 1.807) is 12.1 Å². The van der Waals surface area contributed by atoms with Crippen LogP contribution in [-0.4, -0.2) is 19.7 Å². The SMILES string of the molecule is N#CC(=Cn1cnc(-c2cc(C(F)(F)F)cc(C(F)(F)F)c2)n1)c1ccncc1. The molecule has 0 fully saturated rings. The van der Waals surface area contributed by atoms with Crippen LogP contribution in [0.1, 0.15) is 16.7 Å². The van der Waals surface area contributed by atoms with Gasteiger partial charge in [0.1, 0.15) is 12.4 Å². The lowest BCUT2D eigenvalue weighted by atomic mass is 10.0. The minimum atomic E-state index is -4.98. The quantitative estimate of drug-likeness (QED) is 0.456. The highest BCUT2D eigenvalue weighted by molar-refractivity contribution is 5.84. The van der Waals surface area contributed by atoms with Gasteiger partial charge in [0.2, 0.25) is 0 Å². The molecule has 5 nitrogen and oxygen atoms in total. The number of pyridine rings is 1. The molecule has 3 aromatic rings. The molecule has 0 unspecified atom stereocenters. The molecule has 0 atom stereocenters. The molecule has 2 heterocycles. The van der Waals surface area contributed by atoms with Crippen molar-refractivity contribution in [1.82, 2.24) is 19.7 Å². The molecule has 11 heteroatoms. The Hall–Kier alpha value is -3.68. The molecule has 1 aromatic carbocycles. The molecule has 0 saturated carbocycles. The van der Waals surface area contributed by atoms with E-state index in [1.807, 2.05) is 6.07 Å². The van der Waals surface area contributed by atoms with Crippen LogP contribution in [0, 0.1) is 11.3 Å². The van der Waals surface area contributed by atoms with Crippen LogP contribution in [0.5, 0.6) is 0 Å². The second-order valence-electron chi connectivity index (χ2n) is 5.73. The molecule has 0 N–H and O–H groups in total. The summed E-state index contributed by atoms with van der Waals surface area (Å²) in [5, 5.41) is 13.1. The molecule has 3 rings (SSSR count). The fourth-order valence-corrected chi connectivity index (χ4v) is 2.39. The van der Waals surface area contributed by atoms with Crippen molar-refractivity contribution < 1.29 is 26.3 Å². The number of nitrogens with zero attached hydrogens (tertiary/aromatic N) is 5. The summed E-state index contributed by atoms with van der Waals surface area (Å²) in [4.78, 5) is 7.58. The van der Waals surface area contributed by atoms with E-state index < -0.39 is 29.0 Å². The van der Waals surface area contributed by atoms with Gasteiger partial charge in [0, 0.05) is 24.2 Å². The number of benzene rings is 1. The van der Waals surface area contributed by atoms with E-state index in [1.165, 1.54) is 18.6 Å². The van der Waals surface area contributed by atoms with Gasteiger partial charge in [-0.2, -0.15) is 31.6 Å². The van der Waals surface area contributed by atoms with E-state index in [0.29, 0.717) is 17.7 Å². The zero-order valence-electron chi connectivity index (χ0n) is 14.2. The summed E-state index contributed by atoms with van der Waals surface area (Å²) in [6.07, 6.45) is -4.74. The molecule has 0 radical (unpaired) electrons. The monoisotopic (exact) mass is 409 g/mol. The molecular weight excluding hydrogens is 400 g/mol. The molecule has 0 aliphatic heterocycles. The maximum atomic E-state index is 13.0. The predicted octanol–water partition coefficient (Wildman–Crippen LogP) is 4.90. The zero-order chi connectivity index (χ0) is 21.2. The summed E-state index contributed by atoms with van der Waals surface area (Å²) in [6.45, 7) is 0. The van der Waals surface area contributed by atoms with Gasteiger partial charge in [0.15, 0.2) is 5.82 Å². The Labute approximate surface area is 159 Å². The predicted molar refractivity (Wildman–Crippen MR) is 89.5 cm³/mol. The number of hydrogen-bond donors (Lipinski definition) is 0. The number of alkyl halides is 6. The molecule has 148 valence electrons. The summed E-state index contributed by atoms with van der Waals surface area (Å²) in [6, 6.07) is 6.12. The van der Waals surface area contributed by atoms with Crippen LogP contribution in [0.2, 0.25) is 0 Å². The van der Waals surface area contributed by atoms with Crippen LogP contribution in [0.4, 0.5) is 26.3 Å². The first-order chi connectivity index (χ1) is 13.6. The van der Waals surface area contributed by atoms with Crippen molar-refractivity contribution in [3.63, 3.8) is 0 Å². The van der Waals surface area contributed by atoms with Gasteiger partial charge in [-0.3, -0.25) is 4.98 Å². The highest BCUT2D eigenvalue weighted by atomic mass is 19.4. The van der Waals surface area contributed by atoms with E-state index in [-0.39, 0.29) is 17.5 Å². The molecule has 29 heavy (non-hydrogen) atoms. The number of rotatable bonds is 3. The van der Waals surface area contributed by atoms with E-state index >= 15 is 0 Å². The Morgan fingerprint density at radius 2 is 1.55 bits per heavy atom. The van der Waals surface area contributed by atoms with E-state index in [0.717, 1.165) is 11.0 Å². The number of allylic oxidation sites excluding steroid dienone is 1. The van der Waals surface area contributed by atoms with Crippen molar-refractivity contribution in [3.8, 4) is 17.5 Å². The summed E-state index contributed by atoms with van der Waals surface area (Å²) in [5.41, 5.74) is -2.75. The third kappa shape index (κ3) is 4.60. The second kappa shape index (κ2) is 7.38. The lowest BCUT2D eigenvalue weighted by molar-refractivity contribution is -0.143. The zero-order valence-corrected chi connectivity index (χ0v) is 14.2. The molecule has 0 amide bonds. The fraction of sp³-hybridized carbons (Fsp3) is 0.111. The minimum absolute atomic E-state index is 0.0254. The van der Waals surface area contributed by atoms with Crippen LogP contribution in [-0.2, 0) is 12.4 Å². The van der Waals surface area contributed by atoms with Gasteiger partial charge in [0.25, 0.3) is 0 Å². The third-order valence-electron chi connectivity index (χ3n) is 3.73. The molecule has 0 aliphatic carbocycles. The van der Waals surface area contributed by atoms with Crippen molar-refractivity contribution >= 4 is 11.8 Å². The Bertz CT molecular complexity index is 1060. The largest absolute Gasteiger partial charge is 0.416 e. The van der Waals surface area contributed by atoms with Crippen molar-refractivity contribution in [2.24, 2.45) is 0 Å².